The van der Waals surface area contributed by atoms with Gasteiger partial charge < -0.3 is 4.57 Å². The van der Waals surface area contributed by atoms with E-state index in [1.165, 1.54) is 71.3 Å². The molecule has 222 valence electrons. The van der Waals surface area contributed by atoms with Crippen LogP contribution >= 0.6 is 0 Å². The Bertz CT molecular complexity index is 2950. The van der Waals surface area contributed by atoms with Crippen molar-refractivity contribution < 1.29 is 0 Å². The van der Waals surface area contributed by atoms with Gasteiger partial charge in [0.25, 0.3) is 0 Å². The number of hydrogen-bond donors (Lipinski definition) is 0. The van der Waals surface area contributed by atoms with Crippen LogP contribution in [0.5, 0.6) is 0 Å². The molecule has 0 N–H and O–H groups in total. The largest absolute Gasteiger partial charge is 0.309 e. The second-order valence-electron chi connectivity index (χ2n) is 12.7. The number of rotatable bonds is 3. The molecule has 0 fully saturated rings. The molecule has 48 heavy (non-hydrogen) atoms. The van der Waals surface area contributed by atoms with Crippen LogP contribution in [0.3, 0.4) is 0 Å². The molecule has 0 aliphatic heterocycles. The molecule has 4 aromatic heterocycles. The van der Waals surface area contributed by atoms with Crippen LogP contribution in [-0.4, -0.2) is 19.1 Å². The highest BCUT2D eigenvalue weighted by Gasteiger charge is 2.24. The molecule has 4 heteroatoms. The third kappa shape index (κ3) is 3.43. The Hall–Kier alpha value is -6.52. The van der Waals surface area contributed by atoms with Gasteiger partial charge in [0.1, 0.15) is 5.82 Å². The van der Waals surface area contributed by atoms with Crippen LogP contribution < -0.4 is 0 Å². The van der Waals surface area contributed by atoms with E-state index < -0.39 is 0 Å². The van der Waals surface area contributed by atoms with Crippen LogP contribution in [-0.2, 0) is 0 Å². The van der Waals surface area contributed by atoms with Crippen LogP contribution in [0.4, 0.5) is 0 Å². The first-order chi connectivity index (χ1) is 23.8. The molecule has 0 amide bonds. The SMILES string of the molecule is c1ccc(-n2c3ccccc3c3ccc(-c4ccc5c(c4)c4ccccc4n5-c4cc5c6c(cccc6n4)-c4ccncc4-5)cc32)cc1. The fourth-order valence-corrected chi connectivity index (χ4v) is 8.07. The third-order valence-corrected chi connectivity index (χ3v) is 10.1. The van der Waals surface area contributed by atoms with Crippen LogP contribution in [0, 0.1) is 0 Å². The van der Waals surface area contributed by atoms with Crippen LogP contribution in [0.1, 0.15) is 0 Å². The van der Waals surface area contributed by atoms with Gasteiger partial charge in [0, 0.05) is 50.6 Å². The summed E-state index contributed by atoms with van der Waals surface area (Å²) in [6.07, 6.45) is 3.86. The average molecular weight is 611 g/mol. The van der Waals surface area contributed by atoms with Gasteiger partial charge in [-0.2, -0.15) is 0 Å². The highest BCUT2D eigenvalue weighted by Crippen LogP contribution is 2.47. The van der Waals surface area contributed by atoms with E-state index in [9.17, 15) is 0 Å². The number of aromatic nitrogens is 4. The van der Waals surface area contributed by atoms with Crippen molar-refractivity contribution in [2.24, 2.45) is 0 Å². The number of nitrogens with zero attached hydrogens (tertiary/aromatic N) is 4. The van der Waals surface area contributed by atoms with E-state index in [4.69, 9.17) is 4.98 Å². The summed E-state index contributed by atoms with van der Waals surface area (Å²) in [7, 11) is 0. The van der Waals surface area contributed by atoms with E-state index >= 15 is 0 Å². The standard InChI is InChI=1S/C44H26N4/c1-2-9-29(10-3-1)47-39-15-6-4-11-31(39)33-19-17-28(24-42(33)47)27-18-20-41-35(23-27)32-12-5-7-16-40(32)48(41)43-25-36-37-26-45-22-21-30(37)34-13-8-14-38(46-43)44(34)36/h1-26H. The Kier molecular flexibility index (Phi) is 5.08. The normalized spacial score (nSPS) is 12.2. The molecule has 4 heterocycles. The molecule has 0 atom stereocenters. The van der Waals surface area contributed by atoms with Gasteiger partial charge in [0.2, 0.25) is 0 Å². The molecular weight excluding hydrogens is 585 g/mol. The topological polar surface area (TPSA) is 35.6 Å². The predicted molar refractivity (Wildman–Crippen MR) is 198 cm³/mol. The number of benzene rings is 6. The van der Waals surface area contributed by atoms with Crippen molar-refractivity contribution in [1.29, 1.82) is 0 Å². The molecule has 0 spiro atoms. The maximum Gasteiger partial charge on any atom is 0.138 e. The van der Waals surface area contributed by atoms with Crippen molar-refractivity contribution in [1.82, 2.24) is 19.1 Å². The molecule has 1 aliphatic rings. The van der Waals surface area contributed by atoms with Gasteiger partial charge in [-0.25, -0.2) is 4.98 Å². The third-order valence-electron chi connectivity index (χ3n) is 10.1. The van der Waals surface area contributed by atoms with Crippen LogP contribution in [0.15, 0.2) is 158 Å². The fourth-order valence-electron chi connectivity index (χ4n) is 8.07. The lowest BCUT2D eigenvalue weighted by Crippen LogP contribution is -1.98. The molecule has 0 bridgehead atoms. The van der Waals surface area contributed by atoms with E-state index in [0.29, 0.717) is 0 Å². The molecule has 10 aromatic rings. The van der Waals surface area contributed by atoms with E-state index in [2.05, 4.69) is 160 Å². The first-order valence-electron chi connectivity index (χ1n) is 16.3. The highest BCUT2D eigenvalue weighted by molar-refractivity contribution is 6.16. The summed E-state index contributed by atoms with van der Waals surface area (Å²) in [5.74, 6) is 0.916. The van der Waals surface area contributed by atoms with E-state index in [1.54, 1.807) is 0 Å². The average Bonchev–Trinajstić information content (AvgIpc) is 3.78. The Morgan fingerprint density at radius 1 is 0.417 bits per heavy atom. The summed E-state index contributed by atoms with van der Waals surface area (Å²) in [5.41, 5.74) is 14.0. The predicted octanol–water partition coefficient (Wildman–Crippen LogP) is 11.1. The summed E-state index contributed by atoms with van der Waals surface area (Å²) >= 11 is 0. The number of para-hydroxylation sites is 3. The van der Waals surface area contributed by atoms with Crippen molar-refractivity contribution in [3.05, 3.63) is 158 Å². The second kappa shape index (κ2) is 9.50. The van der Waals surface area contributed by atoms with Gasteiger partial charge in [0.15, 0.2) is 0 Å². The zero-order valence-corrected chi connectivity index (χ0v) is 25.8. The summed E-state index contributed by atoms with van der Waals surface area (Å²) in [6, 6.07) is 52.6. The van der Waals surface area contributed by atoms with Gasteiger partial charge in [-0.1, -0.05) is 84.9 Å². The Morgan fingerprint density at radius 2 is 1.12 bits per heavy atom. The van der Waals surface area contributed by atoms with Crippen molar-refractivity contribution in [3.8, 4) is 44.9 Å². The van der Waals surface area contributed by atoms with Gasteiger partial charge in [-0.15, -0.1) is 0 Å². The van der Waals surface area contributed by atoms with Crippen molar-refractivity contribution in [2.45, 2.75) is 0 Å². The molecule has 0 unspecified atom stereocenters. The lowest BCUT2D eigenvalue weighted by atomic mass is 10.0. The summed E-state index contributed by atoms with van der Waals surface area (Å²) < 4.78 is 4.70. The summed E-state index contributed by atoms with van der Waals surface area (Å²) in [5, 5.41) is 6.14. The van der Waals surface area contributed by atoms with E-state index in [1.807, 2.05) is 12.4 Å². The second-order valence-corrected chi connectivity index (χ2v) is 12.7. The minimum atomic E-state index is 0.916. The summed E-state index contributed by atoms with van der Waals surface area (Å²) in [6.45, 7) is 0. The summed E-state index contributed by atoms with van der Waals surface area (Å²) in [4.78, 5) is 9.76. The van der Waals surface area contributed by atoms with Crippen molar-refractivity contribution >= 4 is 54.5 Å². The van der Waals surface area contributed by atoms with E-state index in [0.717, 1.165) is 28.1 Å². The quantitative estimate of drug-likeness (QED) is 0.199. The van der Waals surface area contributed by atoms with Gasteiger partial charge in [-0.05, 0) is 88.5 Å². The molecule has 0 saturated heterocycles. The van der Waals surface area contributed by atoms with E-state index in [-0.39, 0.29) is 0 Å². The zero-order chi connectivity index (χ0) is 31.3. The molecule has 1 aliphatic carbocycles. The lowest BCUT2D eigenvalue weighted by Gasteiger charge is -2.11. The van der Waals surface area contributed by atoms with Crippen molar-refractivity contribution in [3.63, 3.8) is 0 Å². The Balaban J connectivity index is 1.14. The first-order valence-corrected chi connectivity index (χ1v) is 16.3. The Morgan fingerprint density at radius 3 is 2.00 bits per heavy atom. The minimum Gasteiger partial charge on any atom is -0.309 e. The molecule has 0 radical (unpaired) electrons. The van der Waals surface area contributed by atoms with Crippen molar-refractivity contribution in [2.75, 3.05) is 0 Å². The molecule has 6 aromatic carbocycles. The minimum absolute atomic E-state index is 0.916. The number of hydrogen-bond acceptors (Lipinski definition) is 2. The van der Waals surface area contributed by atoms with Crippen LogP contribution in [0.2, 0.25) is 0 Å². The Labute approximate surface area is 275 Å². The van der Waals surface area contributed by atoms with Gasteiger partial charge in [0.05, 0.1) is 27.6 Å². The van der Waals surface area contributed by atoms with Gasteiger partial charge in [-0.3, -0.25) is 9.55 Å². The fraction of sp³-hybridized carbons (Fsp3) is 0. The van der Waals surface area contributed by atoms with Crippen LogP contribution in [0.25, 0.3) is 99.4 Å². The smallest absolute Gasteiger partial charge is 0.138 e. The first kappa shape index (κ1) is 25.6. The maximum absolute atomic E-state index is 5.28. The molecule has 0 saturated carbocycles. The highest BCUT2D eigenvalue weighted by atomic mass is 15.1. The monoisotopic (exact) mass is 610 g/mol. The maximum atomic E-state index is 5.28. The zero-order valence-electron chi connectivity index (χ0n) is 25.8. The molecular formula is C44H26N4. The van der Waals surface area contributed by atoms with Gasteiger partial charge >= 0.3 is 0 Å². The number of pyridine rings is 2. The lowest BCUT2D eigenvalue weighted by molar-refractivity contribution is 1.10. The number of fused-ring (bicyclic) bond motifs is 9. The molecule has 11 rings (SSSR count). The molecule has 4 nitrogen and oxygen atoms in total.